The molecule has 2 rings (SSSR count). The topological polar surface area (TPSA) is 113 Å². The lowest BCUT2D eigenvalue weighted by molar-refractivity contribution is -0.132. The summed E-state index contributed by atoms with van der Waals surface area (Å²) >= 11 is 0. The van der Waals surface area contributed by atoms with Gasteiger partial charge >= 0.3 is 11.8 Å². The Morgan fingerprint density at radius 3 is 2.28 bits per heavy atom. The van der Waals surface area contributed by atoms with Crippen LogP contribution >= 0.6 is 0 Å². The van der Waals surface area contributed by atoms with Gasteiger partial charge in [-0.15, -0.1) is 0 Å². The van der Waals surface area contributed by atoms with Gasteiger partial charge in [0.25, 0.3) is 11.8 Å². The van der Waals surface area contributed by atoms with Gasteiger partial charge in [0.15, 0.2) is 0 Å². The average molecular weight is 375 g/mol. The molecule has 0 aliphatic carbocycles. The Balaban J connectivity index is 2.17. The van der Waals surface area contributed by atoms with E-state index in [1.54, 1.807) is 6.92 Å². The van der Waals surface area contributed by atoms with Gasteiger partial charge in [-0.1, -0.05) is 6.92 Å². The molecule has 1 atom stereocenters. The van der Waals surface area contributed by atoms with Crippen molar-refractivity contribution in [3.8, 4) is 0 Å². The van der Waals surface area contributed by atoms with Gasteiger partial charge in [-0.05, 0) is 37.6 Å². The maximum atomic E-state index is 12.5. The third-order valence-electron chi connectivity index (χ3n) is 3.86. The quantitative estimate of drug-likeness (QED) is 0.747. The highest BCUT2D eigenvalue weighted by molar-refractivity contribution is 7.91. The maximum absolute atomic E-state index is 12.5. The molecular formula is C14H15F2N3O5S. The Labute approximate surface area is 142 Å². The predicted octanol–water partition coefficient (Wildman–Crippen LogP) is 1.05. The van der Waals surface area contributed by atoms with Crippen molar-refractivity contribution >= 4 is 27.7 Å². The summed E-state index contributed by atoms with van der Waals surface area (Å²) in [7, 11) is -4.77. The molecule has 1 aliphatic heterocycles. The molecule has 2 N–H and O–H groups in total. The zero-order chi connectivity index (χ0) is 19.0. The summed E-state index contributed by atoms with van der Waals surface area (Å²) in [5, 5.41) is 2.96. The zero-order valence-electron chi connectivity index (χ0n) is 13.2. The van der Waals surface area contributed by atoms with Gasteiger partial charge in [0.2, 0.25) is 9.84 Å². The third kappa shape index (κ3) is 3.31. The number of hydrazine groups is 1. The highest BCUT2D eigenvalue weighted by atomic mass is 32.2. The first-order valence-corrected chi connectivity index (χ1v) is 8.67. The molecule has 0 spiro atoms. The molecule has 8 nitrogen and oxygen atoms in total. The number of alkyl halides is 2. The van der Waals surface area contributed by atoms with Gasteiger partial charge < -0.3 is 5.32 Å². The van der Waals surface area contributed by atoms with E-state index in [2.05, 4.69) is 10.7 Å². The van der Waals surface area contributed by atoms with Crippen molar-refractivity contribution in [2.45, 2.75) is 36.5 Å². The summed E-state index contributed by atoms with van der Waals surface area (Å²) in [6.45, 7) is 3.19. The fraction of sp³-hybridized carbons (Fsp3) is 0.357. The average Bonchev–Trinajstić information content (AvgIpc) is 2.78. The Kier molecular flexibility index (Phi) is 4.80. The van der Waals surface area contributed by atoms with Crippen LogP contribution in [0.4, 0.5) is 13.6 Å². The highest BCUT2D eigenvalue weighted by Crippen LogP contribution is 2.21. The molecule has 0 bridgehead atoms. The number of hydrogen-bond acceptors (Lipinski definition) is 5. The second-order valence-corrected chi connectivity index (χ2v) is 7.45. The zero-order valence-corrected chi connectivity index (χ0v) is 14.1. The van der Waals surface area contributed by atoms with Crippen molar-refractivity contribution < 1.29 is 31.6 Å². The molecule has 136 valence electrons. The number of amides is 4. The van der Waals surface area contributed by atoms with E-state index in [4.69, 9.17) is 0 Å². The van der Waals surface area contributed by atoms with Gasteiger partial charge in [-0.2, -0.15) is 13.8 Å². The molecule has 1 aromatic rings. The lowest BCUT2D eigenvalue weighted by Gasteiger charge is -2.19. The first-order valence-electron chi connectivity index (χ1n) is 7.12. The van der Waals surface area contributed by atoms with E-state index in [1.807, 2.05) is 0 Å². The lowest BCUT2D eigenvalue weighted by Crippen LogP contribution is -2.48. The van der Waals surface area contributed by atoms with Crippen LogP contribution in [-0.2, 0) is 14.6 Å². The van der Waals surface area contributed by atoms with Gasteiger partial charge in [-0.25, -0.2) is 13.2 Å². The molecule has 1 unspecified atom stereocenters. The number of carbonyl (C=O) groups excluding carboxylic acids is 3. The molecule has 1 aromatic carbocycles. The predicted molar refractivity (Wildman–Crippen MR) is 81.2 cm³/mol. The Hall–Kier alpha value is -2.56. The van der Waals surface area contributed by atoms with Crippen LogP contribution in [0.2, 0.25) is 0 Å². The fourth-order valence-corrected chi connectivity index (χ4v) is 2.81. The molecule has 0 radical (unpaired) electrons. The van der Waals surface area contributed by atoms with E-state index in [1.165, 1.54) is 6.92 Å². The molecule has 4 amide bonds. The Bertz CT molecular complexity index is 825. The summed E-state index contributed by atoms with van der Waals surface area (Å²) in [6, 6.07) is 2.89. The minimum Gasteiger partial charge on any atom is -0.322 e. The molecule has 0 saturated carbocycles. The second kappa shape index (κ2) is 6.39. The van der Waals surface area contributed by atoms with Gasteiger partial charge in [-0.3, -0.25) is 15.0 Å². The van der Waals surface area contributed by atoms with E-state index in [0.29, 0.717) is 11.4 Å². The molecule has 1 aliphatic rings. The molecule has 25 heavy (non-hydrogen) atoms. The summed E-state index contributed by atoms with van der Waals surface area (Å²) in [6.07, 6.45) is 0.310. The number of nitrogens with one attached hydrogen (secondary N) is 2. The molecule has 1 saturated heterocycles. The van der Waals surface area contributed by atoms with Crippen LogP contribution in [0.1, 0.15) is 30.6 Å². The van der Waals surface area contributed by atoms with E-state index < -0.39 is 43.9 Å². The van der Waals surface area contributed by atoms with Crippen molar-refractivity contribution in [3.63, 3.8) is 0 Å². The highest BCUT2D eigenvalue weighted by Gasteiger charge is 2.47. The van der Waals surface area contributed by atoms with Crippen LogP contribution in [0.15, 0.2) is 29.2 Å². The number of benzene rings is 1. The van der Waals surface area contributed by atoms with E-state index in [0.717, 1.165) is 24.3 Å². The molecular weight excluding hydrogens is 360 g/mol. The number of imide groups is 1. The lowest BCUT2D eigenvalue weighted by atomic mass is 10.00. The van der Waals surface area contributed by atoms with E-state index >= 15 is 0 Å². The summed E-state index contributed by atoms with van der Waals surface area (Å²) in [5.41, 5.74) is 0.849. The number of urea groups is 1. The molecule has 0 aromatic heterocycles. The van der Waals surface area contributed by atoms with Crippen molar-refractivity contribution in [2.75, 3.05) is 0 Å². The van der Waals surface area contributed by atoms with Crippen LogP contribution in [0, 0.1) is 0 Å². The summed E-state index contributed by atoms with van der Waals surface area (Å²) in [4.78, 5) is 35.4. The second-order valence-electron chi connectivity index (χ2n) is 5.53. The summed E-state index contributed by atoms with van der Waals surface area (Å²) in [5.74, 6) is -5.10. The third-order valence-corrected chi connectivity index (χ3v) is 5.26. The Morgan fingerprint density at radius 1 is 1.28 bits per heavy atom. The van der Waals surface area contributed by atoms with Crippen molar-refractivity contribution in [3.05, 3.63) is 29.8 Å². The fourth-order valence-electron chi connectivity index (χ4n) is 2.09. The molecule has 11 heteroatoms. The Morgan fingerprint density at radius 2 is 1.84 bits per heavy atom. The van der Waals surface area contributed by atoms with Crippen LogP contribution < -0.4 is 10.7 Å². The van der Waals surface area contributed by atoms with Crippen LogP contribution in [0.3, 0.4) is 0 Å². The number of carbonyl (C=O) groups is 3. The van der Waals surface area contributed by atoms with E-state index in [-0.39, 0.29) is 5.56 Å². The number of nitrogens with zero attached hydrogens (tertiary/aromatic N) is 1. The monoisotopic (exact) mass is 375 g/mol. The minimum atomic E-state index is -4.77. The van der Waals surface area contributed by atoms with Crippen LogP contribution in [0.5, 0.6) is 0 Å². The van der Waals surface area contributed by atoms with Crippen molar-refractivity contribution in [1.29, 1.82) is 0 Å². The van der Waals surface area contributed by atoms with Gasteiger partial charge in [0.05, 0.1) is 4.90 Å². The first kappa shape index (κ1) is 18.8. The minimum absolute atomic E-state index is 0.112. The standard InChI is InChI=1S/C14H15F2N3O5S/c1-3-14(2)11(21)19(13(22)17-14)18-10(20)8-4-6-9(7-5-8)25(23,24)12(15)16/h4-7,12H,3H2,1-2H3,(H,17,22)(H,18,20). The van der Waals surface area contributed by atoms with Crippen molar-refractivity contribution in [2.24, 2.45) is 0 Å². The smallest absolute Gasteiger partial charge is 0.322 e. The largest absolute Gasteiger partial charge is 0.344 e. The number of halogens is 2. The SMILES string of the molecule is CCC1(C)NC(=O)N(NC(=O)c2ccc(S(=O)(=O)C(F)F)cc2)C1=O. The molecule has 1 fully saturated rings. The van der Waals surface area contributed by atoms with Crippen molar-refractivity contribution in [1.82, 2.24) is 15.8 Å². The first-order chi connectivity index (χ1) is 11.5. The summed E-state index contributed by atoms with van der Waals surface area (Å²) < 4.78 is 47.6. The normalized spacial score (nSPS) is 20.8. The van der Waals surface area contributed by atoms with E-state index in [9.17, 15) is 31.6 Å². The number of hydrogen-bond donors (Lipinski definition) is 2. The maximum Gasteiger partial charge on any atom is 0.344 e. The number of rotatable bonds is 5. The van der Waals surface area contributed by atoms with Gasteiger partial charge in [0, 0.05) is 5.56 Å². The number of sulfone groups is 1. The van der Waals surface area contributed by atoms with Crippen LogP contribution in [-0.4, -0.2) is 42.6 Å². The molecule has 1 heterocycles. The van der Waals surface area contributed by atoms with Gasteiger partial charge in [0.1, 0.15) is 5.54 Å². The van der Waals surface area contributed by atoms with Crippen LogP contribution in [0.25, 0.3) is 0 Å².